The van der Waals surface area contributed by atoms with Crippen molar-refractivity contribution in [1.82, 2.24) is 4.90 Å². The lowest BCUT2D eigenvalue weighted by atomic mass is 10.1. The molecule has 124 valence electrons. The maximum atomic E-state index is 12.8. The van der Waals surface area contributed by atoms with E-state index in [4.69, 9.17) is 4.74 Å². The fourth-order valence-electron chi connectivity index (χ4n) is 2.47. The van der Waals surface area contributed by atoms with E-state index in [1.165, 1.54) is 40.9 Å². The summed E-state index contributed by atoms with van der Waals surface area (Å²) in [7, 11) is 0. The van der Waals surface area contributed by atoms with Crippen LogP contribution in [0.3, 0.4) is 0 Å². The summed E-state index contributed by atoms with van der Waals surface area (Å²) in [6.07, 6.45) is 0. The van der Waals surface area contributed by atoms with Gasteiger partial charge in [0.2, 0.25) is 0 Å². The van der Waals surface area contributed by atoms with Crippen LogP contribution in [0.15, 0.2) is 24.3 Å². The molecule has 0 radical (unpaired) electrons. The van der Waals surface area contributed by atoms with Crippen LogP contribution < -0.4 is 0 Å². The first-order chi connectivity index (χ1) is 10.8. The number of nitro groups is 1. The first kappa shape index (κ1) is 17.3. The molecule has 0 spiro atoms. The van der Waals surface area contributed by atoms with Crippen LogP contribution in [-0.4, -0.2) is 45.0 Å². The molecule has 8 heteroatoms. The number of non-ortho nitro benzene ring substituents is 1. The Kier molecular flexibility index (Phi) is 4.93. The van der Waals surface area contributed by atoms with E-state index >= 15 is 0 Å². The number of nitro benzene ring substituents is 1. The zero-order valence-corrected chi connectivity index (χ0v) is 14.0. The van der Waals surface area contributed by atoms with Gasteiger partial charge in [0, 0.05) is 23.4 Å². The predicted molar refractivity (Wildman–Crippen MR) is 86.2 cm³/mol. The minimum absolute atomic E-state index is 0.0847. The zero-order chi connectivity index (χ0) is 17.2. The molecule has 7 nitrogen and oxygen atoms in total. The molecule has 1 aliphatic heterocycles. The fourth-order valence-corrected chi connectivity index (χ4v) is 3.67. The van der Waals surface area contributed by atoms with Crippen LogP contribution in [0.25, 0.3) is 0 Å². The standard InChI is InChI=1S/C15H18N2O5S/c1-4-22-14(19)12-9-23-15(2,3)16(12)13(18)10-5-7-11(8-6-10)17(20)21/h5-8,12H,4,9H2,1-3H3/t12-/m0/s1. The molecule has 0 bridgehead atoms. The zero-order valence-electron chi connectivity index (χ0n) is 13.1. The normalized spacial score (nSPS) is 19.4. The van der Waals surface area contributed by atoms with Crippen molar-refractivity contribution >= 4 is 29.3 Å². The number of benzene rings is 1. The third kappa shape index (κ3) is 3.47. The predicted octanol–water partition coefficient (Wildman–Crippen LogP) is 2.45. The molecule has 0 aliphatic carbocycles. The number of esters is 1. The Hall–Kier alpha value is -2.09. The maximum Gasteiger partial charge on any atom is 0.329 e. The fraction of sp³-hybridized carbons (Fsp3) is 0.467. The van der Waals surface area contributed by atoms with Gasteiger partial charge in [0.15, 0.2) is 0 Å². The number of rotatable bonds is 4. The monoisotopic (exact) mass is 338 g/mol. The van der Waals surface area contributed by atoms with E-state index in [0.29, 0.717) is 11.3 Å². The van der Waals surface area contributed by atoms with Crippen molar-refractivity contribution in [2.75, 3.05) is 12.4 Å². The van der Waals surface area contributed by atoms with Gasteiger partial charge in [-0.1, -0.05) is 0 Å². The van der Waals surface area contributed by atoms with Gasteiger partial charge in [-0.3, -0.25) is 14.9 Å². The minimum Gasteiger partial charge on any atom is -0.464 e. The van der Waals surface area contributed by atoms with Crippen LogP contribution >= 0.6 is 11.8 Å². The van der Waals surface area contributed by atoms with Crippen molar-refractivity contribution < 1.29 is 19.2 Å². The van der Waals surface area contributed by atoms with E-state index in [9.17, 15) is 19.7 Å². The molecule has 1 aliphatic rings. The summed E-state index contributed by atoms with van der Waals surface area (Å²) in [5, 5.41) is 10.7. The minimum atomic E-state index is -0.655. The number of thioether (sulfide) groups is 1. The Labute approximate surface area is 138 Å². The number of hydrogen-bond acceptors (Lipinski definition) is 6. The highest BCUT2D eigenvalue weighted by Crippen LogP contribution is 2.40. The SMILES string of the molecule is CCOC(=O)[C@@H]1CSC(C)(C)N1C(=O)c1ccc([N+](=O)[O-])cc1. The van der Waals surface area contributed by atoms with Gasteiger partial charge in [0.25, 0.3) is 11.6 Å². The summed E-state index contributed by atoms with van der Waals surface area (Å²) in [5.41, 5.74) is 0.221. The van der Waals surface area contributed by atoms with Crippen molar-refractivity contribution in [2.24, 2.45) is 0 Å². The number of amides is 1. The first-order valence-corrected chi connectivity index (χ1v) is 8.15. The summed E-state index contributed by atoms with van der Waals surface area (Å²) in [6.45, 7) is 5.69. The first-order valence-electron chi connectivity index (χ1n) is 7.16. The molecule has 1 heterocycles. The highest BCUT2D eigenvalue weighted by molar-refractivity contribution is 8.00. The van der Waals surface area contributed by atoms with E-state index in [-0.39, 0.29) is 18.2 Å². The summed E-state index contributed by atoms with van der Waals surface area (Å²) in [4.78, 5) is 36.0. The Morgan fingerprint density at radius 2 is 2.00 bits per heavy atom. The van der Waals surface area contributed by atoms with Crippen LogP contribution in [0.4, 0.5) is 5.69 Å². The molecule has 0 aromatic heterocycles. The highest BCUT2D eigenvalue weighted by atomic mass is 32.2. The van der Waals surface area contributed by atoms with E-state index < -0.39 is 21.8 Å². The molecule has 1 aromatic rings. The lowest BCUT2D eigenvalue weighted by Crippen LogP contribution is -2.50. The van der Waals surface area contributed by atoms with Gasteiger partial charge in [-0.25, -0.2) is 4.79 Å². The van der Waals surface area contributed by atoms with Crippen molar-refractivity contribution in [3.8, 4) is 0 Å². The lowest BCUT2D eigenvalue weighted by molar-refractivity contribution is -0.384. The Balaban J connectivity index is 2.29. The molecule has 0 unspecified atom stereocenters. The smallest absolute Gasteiger partial charge is 0.329 e. The number of carbonyl (C=O) groups is 2. The number of carbonyl (C=O) groups excluding carboxylic acids is 2. The molecule has 1 atom stereocenters. The summed E-state index contributed by atoms with van der Waals surface area (Å²) in [5.74, 6) is -0.307. The van der Waals surface area contributed by atoms with Crippen molar-refractivity contribution in [1.29, 1.82) is 0 Å². The van der Waals surface area contributed by atoms with Gasteiger partial charge in [0.05, 0.1) is 16.4 Å². The van der Waals surface area contributed by atoms with Crippen molar-refractivity contribution in [2.45, 2.75) is 31.7 Å². The molecule has 0 saturated carbocycles. The van der Waals surface area contributed by atoms with E-state index in [1.807, 2.05) is 13.8 Å². The molecule has 23 heavy (non-hydrogen) atoms. The van der Waals surface area contributed by atoms with Crippen LogP contribution in [0.2, 0.25) is 0 Å². The van der Waals surface area contributed by atoms with E-state index in [0.717, 1.165) is 0 Å². The van der Waals surface area contributed by atoms with Crippen LogP contribution in [0, 0.1) is 10.1 Å². The molecule has 2 rings (SSSR count). The highest BCUT2D eigenvalue weighted by Gasteiger charge is 2.47. The number of ether oxygens (including phenoxy) is 1. The second-order valence-electron chi connectivity index (χ2n) is 5.50. The Morgan fingerprint density at radius 3 is 2.52 bits per heavy atom. The van der Waals surface area contributed by atoms with Crippen molar-refractivity contribution in [3.63, 3.8) is 0 Å². The average molecular weight is 338 g/mol. The molecule has 1 amide bonds. The molecule has 1 saturated heterocycles. The van der Waals surface area contributed by atoms with Gasteiger partial charge < -0.3 is 9.64 Å². The van der Waals surface area contributed by atoms with Gasteiger partial charge in [-0.05, 0) is 32.9 Å². The lowest BCUT2D eigenvalue weighted by Gasteiger charge is -2.33. The number of nitrogens with zero attached hydrogens (tertiary/aromatic N) is 2. The summed E-state index contributed by atoms with van der Waals surface area (Å²) in [6, 6.07) is 4.72. The summed E-state index contributed by atoms with van der Waals surface area (Å²) >= 11 is 1.50. The third-order valence-electron chi connectivity index (χ3n) is 3.59. The molecule has 1 fully saturated rings. The van der Waals surface area contributed by atoms with Gasteiger partial charge in [-0.2, -0.15) is 0 Å². The third-order valence-corrected chi connectivity index (χ3v) is 4.97. The van der Waals surface area contributed by atoms with E-state index in [1.54, 1.807) is 6.92 Å². The quantitative estimate of drug-likeness (QED) is 0.476. The Morgan fingerprint density at radius 1 is 1.39 bits per heavy atom. The van der Waals surface area contributed by atoms with Gasteiger partial charge in [-0.15, -0.1) is 11.8 Å². The van der Waals surface area contributed by atoms with Gasteiger partial charge >= 0.3 is 5.97 Å². The summed E-state index contributed by atoms with van der Waals surface area (Å²) < 4.78 is 5.05. The number of hydrogen-bond donors (Lipinski definition) is 0. The van der Waals surface area contributed by atoms with Crippen molar-refractivity contribution in [3.05, 3.63) is 39.9 Å². The van der Waals surface area contributed by atoms with Gasteiger partial charge in [0.1, 0.15) is 6.04 Å². The van der Waals surface area contributed by atoms with E-state index in [2.05, 4.69) is 0 Å². The maximum absolute atomic E-state index is 12.8. The Bertz CT molecular complexity index is 629. The van der Waals surface area contributed by atoms with Crippen LogP contribution in [0.1, 0.15) is 31.1 Å². The largest absolute Gasteiger partial charge is 0.464 e. The molecule has 0 N–H and O–H groups in total. The molecular formula is C15H18N2O5S. The molecule has 1 aromatic carbocycles. The van der Waals surface area contributed by atoms with Crippen LogP contribution in [-0.2, 0) is 9.53 Å². The van der Waals surface area contributed by atoms with Crippen LogP contribution in [0.5, 0.6) is 0 Å². The second kappa shape index (κ2) is 6.57. The topological polar surface area (TPSA) is 89.8 Å². The average Bonchev–Trinajstić information content (AvgIpc) is 2.82. The molecular weight excluding hydrogens is 320 g/mol. The second-order valence-corrected chi connectivity index (χ2v) is 7.13.